The summed E-state index contributed by atoms with van der Waals surface area (Å²) in [6, 6.07) is 12.8. The van der Waals surface area contributed by atoms with Crippen molar-refractivity contribution in [3.05, 3.63) is 53.6 Å². The molecule has 0 aliphatic carbocycles. The van der Waals surface area contributed by atoms with Gasteiger partial charge in [-0.15, -0.1) is 0 Å². The fourth-order valence-corrected chi connectivity index (χ4v) is 3.25. The van der Waals surface area contributed by atoms with Crippen LogP contribution in [-0.2, 0) is 11.3 Å². The second-order valence-corrected chi connectivity index (χ2v) is 6.76. The van der Waals surface area contributed by atoms with Crippen LogP contribution < -0.4 is 25.0 Å². The van der Waals surface area contributed by atoms with Gasteiger partial charge in [-0.25, -0.2) is 4.79 Å². The fourth-order valence-electron chi connectivity index (χ4n) is 3.25. The number of carbonyl (C=O) groups excluding carboxylic acids is 2. The lowest BCUT2D eigenvalue weighted by Gasteiger charge is -2.17. The number of hydrogen-bond acceptors (Lipinski definition) is 4. The minimum atomic E-state index is -0.295. The molecule has 1 unspecified atom stereocenters. The smallest absolute Gasteiger partial charge is 0.315 e. The van der Waals surface area contributed by atoms with Crippen molar-refractivity contribution in [3.63, 3.8) is 0 Å². The Morgan fingerprint density at radius 3 is 2.74 bits per heavy atom. The number of ether oxygens (including phenoxy) is 2. The van der Waals surface area contributed by atoms with Gasteiger partial charge in [0.15, 0.2) is 11.5 Å². The molecule has 2 aromatic rings. The highest BCUT2D eigenvalue weighted by atomic mass is 16.7. The third-order valence-corrected chi connectivity index (χ3v) is 4.70. The van der Waals surface area contributed by atoms with Crippen LogP contribution in [0.4, 0.5) is 10.5 Å². The lowest BCUT2D eigenvalue weighted by atomic mass is 10.2. The molecule has 4 rings (SSSR count). The standard InChI is InChI=1S/C20H21N3O4/c1-13-2-5-16(6-3-13)23-11-15(9-19(23)24)22-20(25)21-10-14-4-7-17-18(8-14)27-12-26-17/h2-8,15H,9-12H2,1H3,(H2,21,22,25). The van der Waals surface area contributed by atoms with Crippen LogP contribution >= 0.6 is 0 Å². The van der Waals surface area contributed by atoms with Crippen LogP contribution in [0.3, 0.4) is 0 Å². The van der Waals surface area contributed by atoms with E-state index in [1.54, 1.807) is 4.90 Å². The van der Waals surface area contributed by atoms with Gasteiger partial charge in [0.05, 0.1) is 6.04 Å². The maximum absolute atomic E-state index is 12.3. The third kappa shape index (κ3) is 3.81. The fraction of sp³-hybridized carbons (Fsp3) is 0.300. The van der Waals surface area contributed by atoms with E-state index in [0.717, 1.165) is 16.8 Å². The molecule has 0 spiro atoms. The van der Waals surface area contributed by atoms with Gasteiger partial charge in [-0.05, 0) is 36.8 Å². The summed E-state index contributed by atoms with van der Waals surface area (Å²) in [6.07, 6.45) is 0.297. The van der Waals surface area contributed by atoms with Gasteiger partial charge in [0.1, 0.15) is 0 Å². The van der Waals surface area contributed by atoms with Crippen LogP contribution in [0, 0.1) is 6.92 Å². The number of amides is 3. The average molecular weight is 367 g/mol. The van der Waals surface area contributed by atoms with Gasteiger partial charge in [0.25, 0.3) is 0 Å². The number of nitrogens with zero attached hydrogens (tertiary/aromatic N) is 1. The van der Waals surface area contributed by atoms with Crippen molar-refractivity contribution in [3.8, 4) is 11.5 Å². The molecular weight excluding hydrogens is 346 g/mol. The van der Waals surface area contributed by atoms with E-state index < -0.39 is 0 Å². The van der Waals surface area contributed by atoms with Gasteiger partial charge in [-0.1, -0.05) is 23.8 Å². The first-order valence-corrected chi connectivity index (χ1v) is 8.88. The molecule has 7 nitrogen and oxygen atoms in total. The Kier molecular flexibility index (Phi) is 4.58. The summed E-state index contributed by atoms with van der Waals surface area (Å²) in [5.74, 6) is 1.41. The Hall–Kier alpha value is -3.22. The van der Waals surface area contributed by atoms with E-state index in [1.165, 1.54) is 0 Å². The molecule has 2 N–H and O–H groups in total. The number of carbonyl (C=O) groups is 2. The molecule has 7 heteroatoms. The molecule has 0 radical (unpaired) electrons. The van der Waals surface area contributed by atoms with E-state index >= 15 is 0 Å². The first-order valence-electron chi connectivity index (χ1n) is 8.88. The van der Waals surface area contributed by atoms with Crippen molar-refractivity contribution in [1.29, 1.82) is 0 Å². The number of hydrogen-bond donors (Lipinski definition) is 2. The number of rotatable bonds is 4. The predicted octanol–water partition coefficient (Wildman–Crippen LogP) is 2.33. The van der Waals surface area contributed by atoms with Crippen molar-refractivity contribution < 1.29 is 19.1 Å². The first kappa shape index (κ1) is 17.2. The Morgan fingerprint density at radius 2 is 1.93 bits per heavy atom. The van der Waals surface area contributed by atoms with E-state index in [2.05, 4.69) is 10.6 Å². The molecule has 2 heterocycles. The van der Waals surface area contributed by atoms with Gasteiger partial charge >= 0.3 is 6.03 Å². The molecule has 140 valence electrons. The Balaban J connectivity index is 1.29. The lowest BCUT2D eigenvalue weighted by Crippen LogP contribution is -2.43. The third-order valence-electron chi connectivity index (χ3n) is 4.70. The highest BCUT2D eigenvalue weighted by Crippen LogP contribution is 2.32. The van der Waals surface area contributed by atoms with E-state index in [1.807, 2.05) is 49.4 Å². The van der Waals surface area contributed by atoms with Crippen LogP contribution in [-0.4, -0.2) is 31.3 Å². The SMILES string of the molecule is Cc1ccc(N2CC(NC(=O)NCc3ccc4c(c3)OCO4)CC2=O)cc1. The minimum absolute atomic E-state index is 0.0138. The molecule has 0 saturated carbocycles. The van der Waals surface area contributed by atoms with Crippen LogP contribution in [0.1, 0.15) is 17.5 Å². The molecule has 3 amide bonds. The van der Waals surface area contributed by atoms with Crippen molar-refractivity contribution in [1.82, 2.24) is 10.6 Å². The highest BCUT2D eigenvalue weighted by Gasteiger charge is 2.31. The first-order chi connectivity index (χ1) is 13.1. The maximum atomic E-state index is 12.3. The zero-order valence-electron chi connectivity index (χ0n) is 15.0. The van der Waals surface area contributed by atoms with Gasteiger partial charge in [0.2, 0.25) is 12.7 Å². The molecule has 1 atom stereocenters. The van der Waals surface area contributed by atoms with Crippen molar-refractivity contribution in [2.24, 2.45) is 0 Å². The van der Waals surface area contributed by atoms with Crippen molar-refractivity contribution >= 4 is 17.6 Å². The zero-order valence-corrected chi connectivity index (χ0v) is 15.0. The lowest BCUT2D eigenvalue weighted by molar-refractivity contribution is -0.117. The Labute approximate surface area is 157 Å². The van der Waals surface area contributed by atoms with Crippen LogP contribution in [0.25, 0.3) is 0 Å². The molecular formula is C20H21N3O4. The second kappa shape index (κ2) is 7.19. The monoisotopic (exact) mass is 367 g/mol. The molecule has 2 aliphatic heterocycles. The van der Waals surface area contributed by atoms with Gasteiger partial charge in [-0.3, -0.25) is 4.79 Å². The number of aryl methyl sites for hydroxylation is 1. The number of fused-ring (bicyclic) bond motifs is 1. The van der Waals surface area contributed by atoms with Gasteiger partial charge in [0, 0.05) is 25.2 Å². The summed E-state index contributed by atoms with van der Waals surface area (Å²) < 4.78 is 10.6. The normalized spacial score (nSPS) is 17.9. The van der Waals surface area contributed by atoms with Gasteiger partial charge < -0.3 is 25.0 Å². The Morgan fingerprint density at radius 1 is 1.15 bits per heavy atom. The Bertz CT molecular complexity index is 866. The predicted molar refractivity (Wildman–Crippen MR) is 99.9 cm³/mol. The van der Waals surface area contributed by atoms with Crippen molar-refractivity contribution in [2.45, 2.75) is 25.9 Å². The number of urea groups is 1. The van der Waals surface area contributed by atoms with Crippen molar-refractivity contribution in [2.75, 3.05) is 18.2 Å². The highest BCUT2D eigenvalue weighted by molar-refractivity contribution is 5.96. The second-order valence-electron chi connectivity index (χ2n) is 6.76. The molecule has 27 heavy (non-hydrogen) atoms. The van der Waals surface area contributed by atoms with E-state index in [4.69, 9.17) is 9.47 Å². The number of nitrogens with one attached hydrogen (secondary N) is 2. The molecule has 1 fully saturated rings. The van der Waals surface area contributed by atoms with Crippen LogP contribution in [0.5, 0.6) is 11.5 Å². The average Bonchev–Trinajstić information content (AvgIpc) is 3.26. The zero-order chi connectivity index (χ0) is 18.8. The topological polar surface area (TPSA) is 79.9 Å². The van der Waals surface area contributed by atoms with Crippen LogP contribution in [0.2, 0.25) is 0 Å². The summed E-state index contributed by atoms with van der Waals surface area (Å²) in [4.78, 5) is 26.2. The quantitative estimate of drug-likeness (QED) is 0.869. The molecule has 0 bridgehead atoms. The summed E-state index contributed by atoms with van der Waals surface area (Å²) in [7, 11) is 0. The summed E-state index contributed by atoms with van der Waals surface area (Å²) in [5, 5.41) is 5.69. The van der Waals surface area contributed by atoms with Gasteiger partial charge in [-0.2, -0.15) is 0 Å². The number of benzene rings is 2. The molecule has 0 aromatic heterocycles. The summed E-state index contributed by atoms with van der Waals surface area (Å²) in [5.41, 5.74) is 2.91. The van der Waals surface area contributed by atoms with E-state index in [-0.39, 0.29) is 24.8 Å². The summed E-state index contributed by atoms with van der Waals surface area (Å²) >= 11 is 0. The molecule has 2 aromatic carbocycles. The maximum Gasteiger partial charge on any atom is 0.315 e. The summed E-state index contributed by atoms with van der Waals surface area (Å²) in [6.45, 7) is 3.06. The van der Waals surface area contributed by atoms with Crippen LogP contribution in [0.15, 0.2) is 42.5 Å². The minimum Gasteiger partial charge on any atom is -0.454 e. The molecule has 2 aliphatic rings. The largest absolute Gasteiger partial charge is 0.454 e. The van der Waals surface area contributed by atoms with E-state index in [0.29, 0.717) is 31.0 Å². The number of anilines is 1. The van der Waals surface area contributed by atoms with E-state index in [9.17, 15) is 9.59 Å². The molecule has 1 saturated heterocycles.